The third-order valence-electron chi connectivity index (χ3n) is 3.09. The molecule has 1 aliphatic heterocycles. The SMILES string of the molecule is CN1CCCC(Nc2cc(Cl)ccc2C#N)C1. The number of anilines is 1. The van der Waals surface area contributed by atoms with Gasteiger partial charge in [-0.2, -0.15) is 5.26 Å². The predicted octanol–water partition coefficient (Wildman–Crippen LogP) is 2.72. The van der Waals surface area contributed by atoms with Crippen LogP contribution in [0.4, 0.5) is 5.69 Å². The number of nitrogens with one attached hydrogen (secondary N) is 1. The second-order valence-electron chi connectivity index (χ2n) is 4.55. The van der Waals surface area contributed by atoms with Gasteiger partial charge in [-0.15, -0.1) is 0 Å². The van der Waals surface area contributed by atoms with Crippen LogP contribution in [0.1, 0.15) is 18.4 Å². The standard InChI is InChI=1S/C13H16ClN3/c1-17-6-2-3-12(9-17)16-13-7-11(14)5-4-10(13)8-15/h4-5,7,12,16H,2-3,6,9H2,1H3. The Morgan fingerprint density at radius 2 is 2.35 bits per heavy atom. The second-order valence-corrected chi connectivity index (χ2v) is 4.98. The Labute approximate surface area is 107 Å². The van der Waals surface area contributed by atoms with Gasteiger partial charge in [-0.25, -0.2) is 0 Å². The van der Waals surface area contributed by atoms with Crippen LogP contribution in [0.5, 0.6) is 0 Å². The van der Waals surface area contributed by atoms with Crippen molar-refractivity contribution in [1.29, 1.82) is 5.26 Å². The maximum atomic E-state index is 9.05. The molecule has 0 bridgehead atoms. The van der Waals surface area contributed by atoms with Crippen molar-refractivity contribution in [2.75, 3.05) is 25.5 Å². The number of rotatable bonds is 2. The smallest absolute Gasteiger partial charge is 0.101 e. The molecule has 3 nitrogen and oxygen atoms in total. The number of halogens is 1. The Balaban J connectivity index is 2.12. The van der Waals surface area contributed by atoms with E-state index in [4.69, 9.17) is 16.9 Å². The van der Waals surface area contributed by atoms with E-state index in [1.165, 1.54) is 6.42 Å². The van der Waals surface area contributed by atoms with Crippen molar-refractivity contribution in [3.63, 3.8) is 0 Å². The van der Waals surface area contributed by atoms with Crippen LogP contribution in [0, 0.1) is 11.3 Å². The van der Waals surface area contributed by atoms with Crippen molar-refractivity contribution in [3.05, 3.63) is 28.8 Å². The van der Waals surface area contributed by atoms with Crippen LogP contribution >= 0.6 is 11.6 Å². The van der Waals surface area contributed by atoms with Gasteiger partial charge in [0.25, 0.3) is 0 Å². The minimum absolute atomic E-state index is 0.402. The maximum absolute atomic E-state index is 9.05. The molecule has 1 fully saturated rings. The molecular weight excluding hydrogens is 234 g/mol. The Morgan fingerprint density at radius 1 is 1.53 bits per heavy atom. The highest BCUT2D eigenvalue weighted by molar-refractivity contribution is 6.30. The summed E-state index contributed by atoms with van der Waals surface area (Å²) in [6.45, 7) is 2.16. The molecule has 1 heterocycles. The first-order chi connectivity index (χ1) is 8.19. The van der Waals surface area contributed by atoms with Gasteiger partial charge in [0.05, 0.1) is 11.3 Å². The fraction of sp³-hybridized carbons (Fsp3) is 0.462. The fourth-order valence-corrected chi connectivity index (χ4v) is 2.41. The monoisotopic (exact) mass is 249 g/mol. The van der Waals surface area contributed by atoms with Crippen molar-refractivity contribution in [1.82, 2.24) is 4.90 Å². The van der Waals surface area contributed by atoms with Crippen LogP contribution in [0.2, 0.25) is 5.02 Å². The molecular formula is C13H16ClN3. The number of benzene rings is 1. The number of hydrogen-bond donors (Lipinski definition) is 1. The molecule has 17 heavy (non-hydrogen) atoms. The van der Waals surface area contributed by atoms with Crippen LogP contribution in [-0.2, 0) is 0 Å². The Bertz CT molecular complexity index is 439. The van der Waals surface area contributed by atoms with Crippen LogP contribution in [0.15, 0.2) is 18.2 Å². The van der Waals surface area contributed by atoms with Gasteiger partial charge in [0.15, 0.2) is 0 Å². The van der Waals surface area contributed by atoms with Gasteiger partial charge in [-0.05, 0) is 44.6 Å². The minimum atomic E-state index is 0.402. The zero-order valence-corrected chi connectivity index (χ0v) is 10.7. The summed E-state index contributed by atoms with van der Waals surface area (Å²) in [5.41, 5.74) is 1.50. The lowest BCUT2D eigenvalue weighted by Crippen LogP contribution is -2.39. The van der Waals surface area contributed by atoms with Gasteiger partial charge in [-0.3, -0.25) is 0 Å². The number of nitrogens with zero attached hydrogens (tertiary/aromatic N) is 2. The number of likely N-dealkylation sites (N-methyl/N-ethyl adjacent to an activating group) is 1. The topological polar surface area (TPSA) is 39.1 Å². The van der Waals surface area contributed by atoms with E-state index in [2.05, 4.69) is 23.3 Å². The van der Waals surface area contributed by atoms with Crippen LogP contribution < -0.4 is 5.32 Å². The molecule has 0 aromatic heterocycles. The van der Waals surface area contributed by atoms with Gasteiger partial charge >= 0.3 is 0 Å². The molecule has 2 rings (SSSR count). The summed E-state index contributed by atoms with van der Waals surface area (Å²) in [4.78, 5) is 2.30. The summed E-state index contributed by atoms with van der Waals surface area (Å²) in [6.07, 6.45) is 2.33. The maximum Gasteiger partial charge on any atom is 0.101 e. The van der Waals surface area contributed by atoms with Gasteiger partial charge in [0.1, 0.15) is 6.07 Å². The zero-order valence-electron chi connectivity index (χ0n) is 9.91. The summed E-state index contributed by atoms with van der Waals surface area (Å²) in [7, 11) is 2.12. The zero-order chi connectivity index (χ0) is 12.3. The van der Waals surface area contributed by atoms with E-state index in [0.29, 0.717) is 16.6 Å². The average Bonchev–Trinajstić information content (AvgIpc) is 2.29. The molecule has 1 atom stereocenters. The lowest BCUT2D eigenvalue weighted by molar-refractivity contribution is 0.261. The van der Waals surface area contributed by atoms with E-state index in [9.17, 15) is 0 Å². The largest absolute Gasteiger partial charge is 0.380 e. The molecule has 0 spiro atoms. The first kappa shape index (κ1) is 12.2. The molecule has 0 aliphatic carbocycles. The molecule has 1 saturated heterocycles. The van der Waals surface area contributed by atoms with E-state index in [-0.39, 0.29) is 0 Å². The third kappa shape index (κ3) is 3.12. The van der Waals surface area contributed by atoms with Crippen molar-refractivity contribution in [2.24, 2.45) is 0 Å². The lowest BCUT2D eigenvalue weighted by atomic mass is 10.1. The number of nitriles is 1. The summed E-state index contributed by atoms with van der Waals surface area (Å²) < 4.78 is 0. The normalized spacial score (nSPS) is 20.9. The third-order valence-corrected chi connectivity index (χ3v) is 3.32. The first-order valence-corrected chi connectivity index (χ1v) is 6.21. The number of likely N-dealkylation sites (tertiary alicyclic amines) is 1. The van der Waals surface area contributed by atoms with Crippen molar-refractivity contribution < 1.29 is 0 Å². The highest BCUT2D eigenvalue weighted by Gasteiger charge is 2.17. The van der Waals surface area contributed by atoms with Gasteiger partial charge < -0.3 is 10.2 Å². The number of hydrogen-bond acceptors (Lipinski definition) is 3. The van der Waals surface area contributed by atoms with Gasteiger partial charge in [-0.1, -0.05) is 11.6 Å². The van der Waals surface area contributed by atoms with Crippen LogP contribution in [0.25, 0.3) is 0 Å². The molecule has 90 valence electrons. The molecule has 1 aromatic carbocycles. The Hall–Kier alpha value is -1.24. The summed E-state index contributed by atoms with van der Waals surface area (Å²) >= 11 is 5.96. The summed E-state index contributed by atoms with van der Waals surface area (Å²) in [5, 5.41) is 13.1. The summed E-state index contributed by atoms with van der Waals surface area (Å²) in [6, 6.07) is 7.93. The first-order valence-electron chi connectivity index (χ1n) is 5.84. The molecule has 0 amide bonds. The Morgan fingerprint density at radius 3 is 3.06 bits per heavy atom. The highest BCUT2D eigenvalue weighted by atomic mass is 35.5. The number of piperidine rings is 1. The van der Waals surface area contributed by atoms with E-state index < -0.39 is 0 Å². The van der Waals surface area contributed by atoms with Crippen molar-refractivity contribution >= 4 is 17.3 Å². The second kappa shape index (κ2) is 5.39. The lowest BCUT2D eigenvalue weighted by Gasteiger charge is -2.31. The van der Waals surface area contributed by atoms with Crippen molar-refractivity contribution in [2.45, 2.75) is 18.9 Å². The van der Waals surface area contributed by atoms with Crippen LogP contribution in [-0.4, -0.2) is 31.1 Å². The van der Waals surface area contributed by atoms with E-state index >= 15 is 0 Å². The van der Waals surface area contributed by atoms with Gasteiger partial charge in [0, 0.05) is 17.6 Å². The molecule has 1 unspecified atom stereocenters. The average molecular weight is 250 g/mol. The van der Waals surface area contributed by atoms with E-state index in [1.807, 2.05) is 6.07 Å². The molecule has 0 saturated carbocycles. The minimum Gasteiger partial charge on any atom is -0.380 e. The highest BCUT2D eigenvalue weighted by Crippen LogP contribution is 2.23. The van der Waals surface area contributed by atoms with Crippen LogP contribution in [0.3, 0.4) is 0 Å². The van der Waals surface area contributed by atoms with Crippen molar-refractivity contribution in [3.8, 4) is 6.07 Å². The van der Waals surface area contributed by atoms with E-state index in [0.717, 1.165) is 25.2 Å². The molecule has 4 heteroatoms. The molecule has 0 radical (unpaired) electrons. The molecule has 1 N–H and O–H groups in total. The Kier molecular flexibility index (Phi) is 3.88. The molecule has 1 aliphatic rings. The fourth-order valence-electron chi connectivity index (χ4n) is 2.24. The summed E-state index contributed by atoms with van der Waals surface area (Å²) in [5.74, 6) is 0. The van der Waals surface area contributed by atoms with E-state index in [1.54, 1.807) is 12.1 Å². The quantitative estimate of drug-likeness (QED) is 0.876. The predicted molar refractivity (Wildman–Crippen MR) is 70.3 cm³/mol. The van der Waals surface area contributed by atoms with Gasteiger partial charge in [0.2, 0.25) is 0 Å². The molecule has 1 aromatic rings.